The second-order valence-electron chi connectivity index (χ2n) is 6.23. The van der Waals surface area contributed by atoms with Gasteiger partial charge in [-0.2, -0.15) is 13.2 Å². The first-order valence-electron chi connectivity index (χ1n) is 8.70. The van der Waals surface area contributed by atoms with E-state index >= 15 is 0 Å². The van der Waals surface area contributed by atoms with Gasteiger partial charge in [-0.3, -0.25) is 14.9 Å². The fourth-order valence-electron chi connectivity index (χ4n) is 2.60. The molecule has 154 valence electrons. The summed E-state index contributed by atoms with van der Waals surface area (Å²) in [5, 5.41) is 13.9. The summed E-state index contributed by atoms with van der Waals surface area (Å²) in [5.41, 5.74) is -0.692. The van der Waals surface area contributed by atoms with Gasteiger partial charge in [-0.1, -0.05) is 30.3 Å². The molecule has 9 heteroatoms. The van der Waals surface area contributed by atoms with Crippen molar-refractivity contribution in [2.75, 3.05) is 0 Å². The molecule has 30 heavy (non-hydrogen) atoms. The number of rotatable bonds is 6. The Bertz CT molecular complexity index is 1050. The van der Waals surface area contributed by atoms with E-state index in [0.29, 0.717) is 24.2 Å². The molecule has 1 amide bonds. The molecule has 0 radical (unpaired) electrons. The highest BCUT2D eigenvalue weighted by Gasteiger charge is 2.33. The number of amides is 1. The Morgan fingerprint density at radius 2 is 1.67 bits per heavy atom. The molecule has 0 aromatic heterocycles. The smallest absolute Gasteiger partial charge is 0.416 e. The summed E-state index contributed by atoms with van der Waals surface area (Å²) in [6.45, 7) is 0.343. The van der Waals surface area contributed by atoms with Gasteiger partial charge in [0.15, 0.2) is 0 Å². The number of nitrogens with one attached hydrogen (secondary N) is 1. The lowest BCUT2D eigenvalue weighted by molar-refractivity contribution is -0.385. The van der Waals surface area contributed by atoms with Crippen molar-refractivity contribution in [2.24, 2.45) is 0 Å². The Hall–Kier alpha value is -3.88. The molecule has 0 spiro atoms. The zero-order valence-corrected chi connectivity index (χ0v) is 15.3. The molecule has 0 aliphatic heterocycles. The van der Waals surface area contributed by atoms with Crippen LogP contribution in [0.1, 0.15) is 21.5 Å². The second kappa shape index (κ2) is 8.64. The summed E-state index contributed by atoms with van der Waals surface area (Å²) in [6.07, 6.45) is -4.71. The molecule has 3 rings (SSSR count). The molecule has 0 saturated carbocycles. The number of benzene rings is 3. The standard InChI is InChI=1S/C21H15F3N2O4/c22-21(23,24)16-8-11-19(18(12-16)26(28)29)30-17-9-6-15(7-10-17)20(27)25-13-14-4-2-1-3-5-14/h1-12H,13H2,(H,25,27). The van der Waals surface area contributed by atoms with Crippen LogP contribution in [0.4, 0.5) is 18.9 Å². The largest absolute Gasteiger partial charge is 0.450 e. The van der Waals surface area contributed by atoms with Crippen molar-refractivity contribution in [3.8, 4) is 11.5 Å². The number of halogens is 3. The predicted molar refractivity (Wildman–Crippen MR) is 102 cm³/mol. The van der Waals surface area contributed by atoms with Gasteiger partial charge in [-0.15, -0.1) is 0 Å². The third kappa shape index (κ3) is 5.13. The van der Waals surface area contributed by atoms with E-state index < -0.39 is 22.4 Å². The lowest BCUT2D eigenvalue weighted by atomic mass is 10.1. The van der Waals surface area contributed by atoms with Crippen molar-refractivity contribution < 1.29 is 27.6 Å². The van der Waals surface area contributed by atoms with E-state index in [1.807, 2.05) is 30.3 Å². The lowest BCUT2D eigenvalue weighted by Crippen LogP contribution is -2.22. The van der Waals surface area contributed by atoms with Crippen LogP contribution in [0.25, 0.3) is 0 Å². The molecule has 1 N–H and O–H groups in total. The normalized spacial score (nSPS) is 11.0. The molecule has 0 fully saturated rings. The first-order chi connectivity index (χ1) is 14.2. The summed E-state index contributed by atoms with van der Waals surface area (Å²) in [6, 6.07) is 17.0. The highest BCUT2D eigenvalue weighted by Crippen LogP contribution is 2.37. The van der Waals surface area contributed by atoms with Crippen molar-refractivity contribution in [3.05, 3.63) is 99.6 Å². The molecule has 6 nitrogen and oxygen atoms in total. The van der Waals surface area contributed by atoms with Crippen LogP contribution in [0.2, 0.25) is 0 Å². The fourth-order valence-corrected chi connectivity index (χ4v) is 2.60. The minimum atomic E-state index is -4.71. The van der Waals surface area contributed by atoms with Gasteiger partial charge in [0.25, 0.3) is 5.91 Å². The van der Waals surface area contributed by atoms with E-state index in [1.54, 1.807) is 0 Å². The van der Waals surface area contributed by atoms with E-state index in [0.717, 1.165) is 11.6 Å². The Balaban J connectivity index is 1.71. The number of carbonyl (C=O) groups excluding carboxylic acids is 1. The maximum absolute atomic E-state index is 12.8. The van der Waals surface area contributed by atoms with Gasteiger partial charge < -0.3 is 10.1 Å². The molecule has 0 aliphatic rings. The highest BCUT2D eigenvalue weighted by atomic mass is 19.4. The number of nitrogens with zero attached hydrogens (tertiary/aromatic N) is 1. The number of nitro groups is 1. The summed E-state index contributed by atoms with van der Waals surface area (Å²) in [7, 11) is 0. The number of hydrogen-bond acceptors (Lipinski definition) is 4. The van der Waals surface area contributed by atoms with E-state index in [9.17, 15) is 28.1 Å². The average Bonchev–Trinajstić information content (AvgIpc) is 2.72. The van der Waals surface area contributed by atoms with Gasteiger partial charge in [0, 0.05) is 18.2 Å². The Morgan fingerprint density at radius 3 is 2.27 bits per heavy atom. The van der Waals surface area contributed by atoms with Gasteiger partial charge in [0.2, 0.25) is 5.75 Å². The zero-order valence-electron chi connectivity index (χ0n) is 15.3. The van der Waals surface area contributed by atoms with E-state index in [-0.39, 0.29) is 17.4 Å². The maximum atomic E-state index is 12.8. The van der Waals surface area contributed by atoms with Crippen LogP contribution in [-0.4, -0.2) is 10.8 Å². The third-order valence-corrected chi connectivity index (χ3v) is 4.12. The fraction of sp³-hybridized carbons (Fsp3) is 0.0952. The lowest BCUT2D eigenvalue weighted by Gasteiger charge is -2.10. The first kappa shape index (κ1) is 20.8. The van der Waals surface area contributed by atoms with Crippen LogP contribution >= 0.6 is 0 Å². The number of hydrogen-bond donors (Lipinski definition) is 1. The molecule has 0 atom stereocenters. The molecular weight excluding hydrogens is 401 g/mol. The SMILES string of the molecule is O=C(NCc1ccccc1)c1ccc(Oc2ccc(C(F)(F)F)cc2[N+](=O)[O-])cc1. The quantitative estimate of drug-likeness (QED) is 0.435. The van der Waals surface area contributed by atoms with Gasteiger partial charge in [0.1, 0.15) is 5.75 Å². The average molecular weight is 416 g/mol. The minimum Gasteiger partial charge on any atom is -0.450 e. The molecule has 3 aromatic carbocycles. The van der Waals surface area contributed by atoms with Gasteiger partial charge in [-0.05, 0) is 42.0 Å². The topological polar surface area (TPSA) is 81.5 Å². The molecule has 3 aromatic rings. The zero-order chi connectivity index (χ0) is 21.7. The van der Waals surface area contributed by atoms with Crippen LogP contribution in [-0.2, 0) is 12.7 Å². The Labute approximate surface area is 169 Å². The predicted octanol–water partition coefficient (Wildman–Crippen LogP) is 5.34. The number of nitro benzene ring substituents is 1. The van der Waals surface area contributed by atoms with Crippen LogP contribution in [0.5, 0.6) is 11.5 Å². The second-order valence-corrected chi connectivity index (χ2v) is 6.23. The monoisotopic (exact) mass is 416 g/mol. The minimum absolute atomic E-state index is 0.137. The number of ether oxygens (including phenoxy) is 1. The molecule has 0 bridgehead atoms. The van der Waals surface area contributed by atoms with Crippen LogP contribution in [0, 0.1) is 10.1 Å². The number of carbonyl (C=O) groups is 1. The van der Waals surface area contributed by atoms with Gasteiger partial charge in [-0.25, -0.2) is 0 Å². The van der Waals surface area contributed by atoms with E-state index in [1.165, 1.54) is 24.3 Å². The Morgan fingerprint density at radius 1 is 1.00 bits per heavy atom. The van der Waals surface area contributed by atoms with Crippen LogP contribution in [0.15, 0.2) is 72.8 Å². The van der Waals surface area contributed by atoms with Crippen molar-refractivity contribution >= 4 is 11.6 Å². The summed E-state index contributed by atoms with van der Waals surface area (Å²) in [4.78, 5) is 22.4. The molecule has 0 unspecified atom stereocenters. The number of alkyl halides is 3. The van der Waals surface area contributed by atoms with Crippen molar-refractivity contribution in [1.29, 1.82) is 0 Å². The summed E-state index contributed by atoms with van der Waals surface area (Å²) < 4.78 is 43.7. The van der Waals surface area contributed by atoms with Gasteiger partial charge in [0.05, 0.1) is 10.5 Å². The Kier molecular flexibility index (Phi) is 6.01. The summed E-state index contributed by atoms with van der Waals surface area (Å²) in [5.74, 6) is -0.530. The van der Waals surface area contributed by atoms with E-state index in [4.69, 9.17) is 4.74 Å². The first-order valence-corrected chi connectivity index (χ1v) is 8.70. The molecule has 0 saturated heterocycles. The van der Waals surface area contributed by atoms with E-state index in [2.05, 4.69) is 5.32 Å². The van der Waals surface area contributed by atoms with Crippen molar-refractivity contribution in [3.63, 3.8) is 0 Å². The van der Waals surface area contributed by atoms with Gasteiger partial charge >= 0.3 is 11.9 Å². The summed E-state index contributed by atoms with van der Waals surface area (Å²) >= 11 is 0. The van der Waals surface area contributed by atoms with Crippen molar-refractivity contribution in [2.45, 2.75) is 12.7 Å². The molecule has 0 aliphatic carbocycles. The molecule has 0 heterocycles. The maximum Gasteiger partial charge on any atom is 0.416 e. The van der Waals surface area contributed by atoms with Crippen molar-refractivity contribution in [1.82, 2.24) is 5.32 Å². The van der Waals surface area contributed by atoms with Crippen LogP contribution in [0.3, 0.4) is 0 Å². The molecular formula is C21H15F3N2O4. The highest BCUT2D eigenvalue weighted by molar-refractivity contribution is 5.94. The van der Waals surface area contributed by atoms with Crippen LogP contribution < -0.4 is 10.1 Å². The third-order valence-electron chi connectivity index (χ3n) is 4.12.